The Morgan fingerprint density at radius 3 is 2.35 bits per heavy atom. The van der Waals surface area contributed by atoms with Gasteiger partial charge in [-0.25, -0.2) is 0 Å². The predicted octanol–water partition coefficient (Wildman–Crippen LogP) is 3.39. The van der Waals surface area contributed by atoms with Crippen LogP contribution in [0, 0.1) is 20.8 Å². The van der Waals surface area contributed by atoms with Gasteiger partial charge in [0.25, 0.3) is 0 Å². The largest absolute Gasteiger partial charge is 0.505 e. The number of aromatic hydroxyl groups is 1. The van der Waals surface area contributed by atoms with E-state index in [4.69, 9.17) is 4.18 Å². The van der Waals surface area contributed by atoms with Crippen molar-refractivity contribution >= 4 is 17.0 Å². The van der Waals surface area contributed by atoms with Crippen LogP contribution in [0.15, 0.2) is 36.4 Å². The molecular formula is C15H17NO3S. The van der Waals surface area contributed by atoms with Crippen molar-refractivity contribution in [2.75, 3.05) is 4.72 Å². The lowest BCUT2D eigenvalue weighted by atomic mass is 10.1. The number of benzene rings is 2. The lowest BCUT2D eigenvalue weighted by Gasteiger charge is -2.11. The van der Waals surface area contributed by atoms with Gasteiger partial charge in [-0.2, -0.15) is 4.21 Å². The Morgan fingerprint density at radius 2 is 1.70 bits per heavy atom. The topological polar surface area (TPSA) is 58.6 Å². The molecule has 0 aromatic heterocycles. The Labute approximate surface area is 121 Å². The highest BCUT2D eigenvalue weighted by Gasteiger charge is 2.09. The van der Waals surface area contributed by atoms with Gasteiger partial charge in [0.2, 0.25) is 0 Å². The van der Waals surface area contributed by atoms with E-state index < -0.39 is 11.3 Å². The fourth-order valence-electron chi connectivity index (χ4n) is 1.83. The van der Waals surface area contributed by atoms with Crippen LogP contribution in [-0.4, -0.2) is 9.32 Å². The second kappa shape index (κ2) is 5.96. The van der Waals surface area contributed by atoms with E-state index in [2.05, 4.69) is 4.72 Å². The van der Waals surface area contributed by atoms with E-state index in [1.807, 2.05) is 32.0 Å². The minimum Gasteiger partial charge on any atom is -0.505 e. The van der Waals surface area contributed by atoms with Gasteiger partial charge in [-0.1, -0.05) is 23.8 Å². The molecule has 0 amide bonds. The molecule has 2 rings (SSSR count). The van der Waals surface area contributed by atoms with Gasteiger partial charge in [-0.15, -0.1) is 0 Å². The Hall–Kier alpha value is -2.01. The van der Waals surface area contributed by atoms with Gasteiger partial charge in [-0.05, 0) is 50.1 Å². The van der Waals surface area contributed by atoms with Crippen molar-refractivity contribution in [1.82, 2.24) is 0 Å². The van der Waals surface area contributed by atoms with Crippen molar-refractivity contribution in [3.63, 3.8) is 0 Å². The second-order valence-corrected chi connectivity index (χ2v) is 5.55. The number of anilines is 1. The number of rotatable bonds is 4. The van der Waals surface area contributed by atoms with Crippen molar-refractivity contribution in [3.8, 4) is 11.5 Å². The minimum atomic E-state index is -1.77. The first-order valence-electron chi connectivity index (χ1n) is 6.19. The molecule has 106 valence electrons. The normalized spacial score (nSPS) is 11.9. The molecule has 0 aliphatic carbocycles. The summed E-state index contributed by atoms with van der Waals surface area (Å²) in [5, 5.41) is 9.92. The van der Waals surface area contributed by atoms with Crippen molar-refractivity contribution in [3.05, 3.63) is 53.1 Å². The van der Waals surface area contributed by atoms with Gasteiger partial charge in [0, 0.05) is 0 Å². The molecule has 0 bridgehead atoms. The predicted molar refractivity (Wildman–Crippen MR) is 81.2 cm³/mol. The molecule has 0 aliphatic heterocycles. The molecule has 2 aromatic carbocycles. The number of nitrogens with one attached hydrogen (secondary N) is 1. The van der Waals surface area contributed by atoms with Crippen LogP contribution in [-0.2, 0) is 11.3 Å². The van der Waals surface area contributed by atoms with Crippen LogP contribution < -0.4 is 8.91 Å². The zero-order chi connectivity index (χ0) is 14.7. The molecule has 4 nitrogen and oxygen atoms in total. The van der Waals surface area contributed by atoms with Crippen molar-refractivity contribution in [1.29, 1.82) is 0 Å². The van der Waals surface area contributed by atoms with Crippen molar-refractivity contribution < 1.29 is 13.5 Å². The molecule has 0 aliphatic rings. The van der Waals surface area contributed by atoms with Crippen LogP contribution in [0.5, 0.6) is 11.5 Å². The smallest absolute Gasteiger partial charge is 0.316 e. The van der Waals surface area contributed by atoms with E-state index in [-0.39, 0.29) is 5.75 Å². The van der Waals surface area contributed by atoms with Crippen LogP contribution in [0.2, 0.25) is 0 Å². The first-order valence-corrected chi connectivity index (χ1v) is 7.27. The highest BCUT2D eigenvalue weighted by atomic mass is 32.2. The highest BCUT2D eigenvalue weighted by Crippen LogP contribution is 2.29. The summed E-state index contributed by atoms with van der Waals surface area (Å²) in [5.41, 5.74) is 3.19. The Balaban J connectivity index is 2.10. The standard InChI is InChI=1S/C15H17NO3S/c1-10-4-6-13(7-5-10)19-20(18)16-14-9-11(2)8-12(3)15(14)17/h4-9,16-17H,1-3H3. The quantitative estimate of drug-likeness (QED) is 0.849. The van der Waals surface area contributed by atoms with E-state index >= 15 is 0 Å². The maximum absolute atomic E-state index is 11.9. The van der Waals surface area contributed by atoms with Crippen LogP contribution in [0.3, 0.4) is 0 Å². The van der Waals surface area contributed by atoms with E-state index in [1.54, 1.807) is 25.1 Å². The lowest BCUT2D eigenvalue weighted by Crippen LogP contribution is -2.11. The van der Waals surface area contributed by atoms with Gasteiger partial charge < -0.3 is 9.29 Å². The summed E-state index contributed by atoms with van der Waals surface area (Å²) in [4.78, 5) is 0. The van der Waals surface area contributed by atoms with Crippen LogP contribution in [0.1, 0.15) is 16.7 Å². The summed E-state index contributed by atoms with van der Waals surface area (Å²) < 4.78 is 19.8. The second-order valence-electron chi connectivity index (χ2n) is 4.71. The molecule has 1 atom stereocenters. The van der Waals surface area contributed by atoms with Crippen molar-refractivity contribution in [2.45, 2.75) is 20.8 Å². The summed E-state index contributed by atoms with van der Waals surface area (Å²) >= 11 is -1.77. The van der Waals surface area contributed by atoms with E-state index in [0.29, 0.717) is 11.4 Å². The fourth-order valence-corrected chi connectivity index (χ4v) is 2.49. The maximum atomic E-state index is 11.9. The molecule has 0 saturated carbocycles. The summed E-state index contributed by atoms with van der Waals surface area (Å²) in [6.07, 6.45) is 0. The molecular weight excluding hydrogens is 274 g/mol. The van der Waals surface area contributed by atoms with Gasteiger partial charge in [0.1, 0.15) is 11.5 Å². The monoisotopic (exact) mass is 291 g/mol. The van der Waals surface area contributed by atoms with Gasteiger partial charge in [0.05, 0.1) is 5.69 Å². The highest BCUT2D eigenvalue weighted by molar-refractivity contribution is 7.82. The van der Waals surface area contributed by atoms with Crippen LogP contribution in [0.25, 0.3) is 0 Å². The first kappa shape index (κ1) is 14.4. The average molecular weight is 291 g/mol. The fraction of sp³-hybridized carbons (Fsp3) is 0.200. The number of hydrogen-bond acceptors (Lipinski definition) is 3. The molecule has 0 radical (unpaired) electrons. The van der Waals surface area contributed by atoms with Crippen LogP contribution in [0.4, 0.5) is 5.69 Å². The summed E-state index contributed by atoms with van der Waals surface area (Å²) in [5.74, 6) is 0.585. The van der Waals surface area contributed by atoms with Gasteiger partial charge in [0.15, 0.2) is 0 Å². The number of phenols is 1. The number of aryl methyl sites for hydroxylation is 3. The number of phenolic OH excluding ortho intramolecular Hbond substituents is 1. The van der Waals surface area contributed by atoms with Crippen molar-refractivity contribution in [2.24, 2.45) is 0 Å². The average Bonchev–Trinajstić information content (AvgIpc) is 2.38. The Kier molecular flexibility index (Phi) is 4.29. The molecule has 20 heavy (non-hydrogen) atoms. The van der Waals surface area contributed by atoms with E-state index in [9.17, 15) is 9.32 Å². The van der Waals surface area contributed by atoms with Gasteiger partial charge >= 0.3 is 11.3 Å². The summed E-state index contributed by atoms with van der Waals surface area (Å²) in [7, 11) is 0. The minimum absolute atomic E-state index is 0.0801. The zero-order valence-corrected chi connectivity index (χ0v) is 12.5. The van der Waals surface area contributed by atoms with Gasteiger partial charge in [-0.3, -0.25) is 4.72 Å². The summed E-state index contributed by atoms with van der Waals surface area (Å²) in [6, 6.07) is 10.8. The number of hydrogen-bond donors (Lipinski definition) is 2. The van der Waals surface area contributed by atoms with E-state index in [0.717, 1.165) is 16.7 Å². The third-order valence-corrected chi connectivity index (χ3v) is 3.56. The Morgan fingerprint density at radius 1 is 1.05 bits per heavy atom. The molecule has 0 saturated heterocycles. The third kappa shape index (κ3) is 3.51. The molecule has 0 fully saturated rings. The Bertz CT molecular complexity index is 638. The molecule has 1 unspecified atom stereocenters. The van der Waals surface area contributed by atoms with Crippen LogP contribution >= 0.6 is 0 Å². The van der Waals surface area contributed by atoms with E-state index in [1.165, 1.54) is 0 Å². The maximum Gasteiger partial charge on any atom is 0.316 e. The molecule has 0 spiro atoms. The lowest BCUT2D eigenvalue weighted by molar-refractivity contribution is 0.473. The molecule has 2 aromatic rings. The third-order valence-electron chi connectivity index (χ3n) is 2.83. The molecule has 2 N–H and O–H groups in total. The first-order chi connectivity index (χ1) is 9.45. The molecule has 0 heterocycles. The zero-order valence-electron chi connectivity index (χ0n) is 11.6. The SMILES string of the molecule is Cc1ccc(OS(=O)Nc2cc(C)cc(C)c2O)cc1. The molecule has 5 heteroatoms. The summed E-state index contributed by atoms with van der Waals surface area (Å²) in [6.45, 7) is 5.66.